The van der Waals surface area contributed by atoms with E-state index in [1.165, 1.54) is 4.90 Å². The van der Waals surface area contributed by atoms with E-state index in [1.54, 1.807) is 46.0 Å². The van der Waals surface area contributed by atoms with Crippen LogP contribution in [0.15, 0.2) is 36.5 Å². The normalized spacial score (nSPS) is 30.4. The van der Waals surface area contributed by atoms with Crippen LogP contribution in [0, 0.1) is 17.8 Å². The molecule has 1 saturated heterocycles. The molecule has 0 radical (unpaired) electrons. The predicted octanol–water partition coefficient (Wildman–Crippen LogP) is 4.52. The maximum absolute atomic E-state index is 14.8. The Kier molecular flexibility index (Phi) is 10.9. The molecule has 310 valence electrons. The Labute approximate surface area is 334 Å². The number of aromatic nitrogens is 1. The van der Waals surface area contributed by atoms with Crippen LogP contribution >= 0.6 is 0 Å². The Morgan fingerprint density at radius 3 is 2.54 bits per heavy atom. The Morgan fingerprint density at radius 2 is 1.82 bits per heavy atom. The number of allylic oxidation sites excluding steroid dienone is 1. The number of pyridine rings is 1. The monoisotopic (exact) mass is 809 g/mol. The summed E-state index contributed by atoms with van der Waals surface area (Å²) < 4.78 is 52.0. The van der Waals surface area contributed by atoms with Crippen molar-refractivity contribution in [3.8, 4) is 17.4 Å². The third-order valence-corrected chi connectivity index (χ3v) is 14.3. The summed E-state index contributed by atoms with van der Waals surface area (Å²) in [6, 6.07) is 3.21. The molecule has 0 unspecified atom stereocenters. The van der Waals surface area contributed by atoms with Crippen LogP contribution in [0.5, 0.6) is 17.4 Å². The number of sulfonamides is 1. The van der Waals surface area contributed by atoms with E-state index in [2.05, 4.69) is 27.3 Å². The molecule has 1 aromatic carbocycles. The fourth-order valence-corrected chi connectivity index (χ4v) is 10.2. The number of benzene rings is 1. The number of carbonyl (C=O) groups is 4. The number of carbonyl (C=O) groups excluding carboxylic acids is 4. The molecule has 3 fully saturated rings. The minimum atomic E-state index is -4.02. The van der Waals surface area contributed by atoms with Crippen LogP contribution in [0.4, 0.5) is 4.79 Å². The summed E-state index contributed by atoms with van der Waals surface area (Å²) in [7, 11) is -4.02. The summed E-state index contributed by atoms with van der Waals surface area (Å²) in [5.74, 6) is -1.14. The van der Waals surface area contributed by atoms with Crippen LogP contribution in [0.1, 0.15) is 92.9 Å². The van der Waals surface area contributed by atoms with Gasteiger partial charge in [-0.1, -0.05) is 32.9 Å². The van der Waals surface area contributed by atoms with Crippen LogP contribution in [-0.4, -0.2) is 95.9 Å². The molecule has 2 aromatic rings. The van der Waals surface area contributed by atoms with Crippen LogP contribution in [0.25, 0.3) is 10.8 Å². The molecule has 5 aliphatic rings. The molecule has 3 N–H and O–H groups in total. The van der Waals surface area contributed by atoms with Crippen molar-refractivity contribution in [1.29, 1.82) is 0 Å². The van der Waals surface area contributed by atoms with Gasteiger partial charge >= 0.3 is 6.09 Å². The number of alkyl carbamates (subject to hydrolysis) is 1. The van der Waals surface area contributed by atoms with Crippen molar-refractivity contribution in [3.05, 3.63) is 36.5 Å². The van der Waals surface area contributed by atoms with Crippen molar-refractivity contribution in [1.82, 2.24) is 25.2 Å². The molecule has 2 saturated carbocycles. The van der Waals surface area contributed by atoms with Gasteiger partial charge in [-0.15, -0.1) is 0 Å². The van der Waals surface area contributed by atoms with E-state index in [1.807, 2.05) is 25.1 Å². The molecule has 7 rings (SSSR count). The van der Waals surface area contributed by atoms with Gasteiger partial charge in [0, 0.05) is 29.3 Å². The maximum atomic E-state index is 14.8. The van der Waals surface area contributed by atoms with E-state index >= 15 is 0 Å². The number of ether oxygens (including phenoxy) is 4. The Balaban J connectivity index is 1.22. The first kappa shape index (κ1) is 40.6. The third-order valence-electron chi connectivity index (χ3n) is 12.0. The lowest BCUT2D eigenvalue weighted by Crippen LogP contribution is -2.59. The van der Waals surface area contributed by atoms with E-state index in [0.29, 0.717) is 62.2 Å². The van der Waals surface area contributed by atoms with Gasteiger partial charge in [-0.3, -0.25) is 19.1 Å². The lowest BCUT2D eigenvalue weighted by molar-refractivity contribution is -0.142. The summed E-state index contributed by atoms with van der Waals surface area (Å²) in [5.41, 5.74) is -2.37. The number of amides is 4. The first-order valence-corrected chi connectivity index (χ1v) is 21.6. The first-order valence-electron chi connectivity index (χ1n) is 20.2. The van der Waals surface area contributed by atoms with Gasteiger partial charge in [0.15, 0.2) is 11.5 Å². The first-order chi connectivity index (χ1) is 27.0. The second-order valence-electron chi connectivity index (χ2n) is 17.5. The smallest absolute Gasteiger partial charge is 0.408 e. The highest BCUT2D eigenvalue weighted by molar-refractivity contribution is 7.91. The summed E-state index contributed by atoms with van der Waals surface area (Å²) in [6.07, 6.45) is 7.47. The van der Waals surface area contributed by atoms with Crippen molar-refractivity contribution in [3.63, 3.8) is 0 Å². The molecule has 1 aromatic heterocycles. The molecule has 3 aliphatic heterocycles. The molecule has 0 spiro atoms. The zero-order valence-electron chi connectivity index (χ0n) is 33.6. The average molecular weight is 810 g/mol. The van der Waals surface area contributed by atoms with Crippen molar-refractivity contribution < 1.29 is 46.5 Å². The lowest BCUT2D eigenvalue weighted by Gasteiger charge is -2.33. The largest absolute Gasteiger partial charge is 0.486 e. The van der Waals surface area contributed by atoms with Crippen LogP contribution in [0.2, 0.25) is 0 Å². The van der Waals surface area contributed by atoms with Gasteiger partial charge in [0.05, 0.1) is 11.3 Å². The van der Waals surface area contributed by atoms with Crippen molar-refractivity contribution in [2.24, 2.45) is 17.8 Å². The molecule has 7 atom stereocenters. The highest BCUT2D eigenvalue weighted by atomic mass is 32.2. The third kappa shape index (κ3) is 8.24. The van der Waals surface area contributed by atoms with Crippen LogP contribution in [0.3, 0.4) is 0 Å². The Hall–Kier alpha value is -4.60. The number of nitrogens with zero attached hydrogens (tertiary/aromatic N) is 2. The predicted molar refractivity (Wildman–Crippen MR) is 210 cm³/mol. The molecule has 0 bridgehead atoms. The van der Waals surface area contributed by atoms with E-state index in [4.69, 9.17) is 18.9 Å². The minimum Gasteiger partial charge on any atom is -0.486 e. The van der Waals surface area contributed by atoms with Gasteiger partial charge in [0.1, 0.15) is 42.5 Å². The van der Waals surface area contributed by atoms with E-state index < -0.39 is 73.8 Å². The summed E-state index contributed by atoms with van der Waals surface area (Å²) >= 11 is 0. The van der Waals surface area contributed by atoms with Crippen molar-refractivity contribution in [2.75, 3.05) is 19.8 Å². The standard InChI is InChI=1S/C41H55N5O10S/c1-7-40(15-16-40)57(51,52)45-37(49)41-22-26(41)11-9-8-10-24(2)20-25(3)32(43-38(50)56-39(4,5)6)36(48)46-23-27(21-30(46)34(47)44-41)55-35-29-12-13-31-33(54-19-18-53-31)28(29)14-17-42-35/h9,11-14,17,24-27,30,32H,7-8,10,15-16,18-23H2,1-6H3,(H,43,50)(H,44,47)(H,45,49)/b11-9-/t24-,25-,26-,27-,30+,32+,41-/m1/s1. The Morgan fingerprint density at radius 1 is 1.07 bits per heavy atom. The minimum absolute atomic E-state index is 0.0274. The average Bonchev–Trinajstić information content (AvgIpc) is 4.06. The molecule has 57 heavy (non-hydrogen) atoms. The topological polar surface area (TPSA) is 192 Å². The molecular formula is C41H55N5O10S. The van der Waals surface area contributed by atoms with E-state index in [0.717, 1.165) is 11.8 Å². The molecule has 16 heteroatoms. The van der Waals surface area contributed by atoms with Gasteiger partial charge in [-0.05, 0) is 95.8 Å². The van der Waals surface area contributed by atoms with Crippen LogP contribution < -0.4 is 29.6 Å². The van der Waals surface area contributed by atoms with E-state index in [-0.39, 0.29) is 37.1 Å². The number of nitrogens with one attached hydrogen (secondary N) is 3. The molecule has 4 amide bonds. The fourth-order valence-electron chi connectivity index (χ4n) is 8.51. The zero-order valence-corrected chi connectivity index (χ0v) is 34.4. The lowest BCUT2D eigenvalue weighted by atomic mass is 9.88. The van der Waals surface area contributed by atoms with Gasteiger partial charge in [-0.25, -0.2) is 18.2 Å². The van der Waals surface area contributed by atoms with Gasteiger partial charge in [-0.2, -0.15) is 0 Å². The summed E-state index contributed by atoms with van der Waals surface area (Å²) in [4.78, 5) is 62.7. The highest BCUT2D eigenvalue weighted by Gasteiger charge is 2.63. The van der Waals surface area contributed by atoms with Gasteiger partial charge in [0.25, 0.3) is 5.91 Å². The van der Waals surface area contributed by atoms with E-state index in [9.17, 15) is 27.6 Å². The molecular weight excluding hydrogens is 755 g/mol. The number of hydrogen-bond donors (Lipinski definition) is 3. The number of rotatable bonds is 7. The summed E-state index contributed by atoms with van der Waals surface area (Å²) in [6.45, 7) is 11.7. The van der Waals surface area contributed by atoms with Crippen LogP contribution in [-0.2, 0) is 29.1 Å². The highest BCUT2D eigenvalue weighted by Crippen LogP contribution is 2.49. The second-order valence-corrected chi connectivity index (χ2v) is 19.5. The second kappa shape index (κ2) is 15.3. The Bertz CT molecular complexity index is 2060. The zero-order chi connectivity index (χ0) is 40.9. The fraction of sp³-hybridized carbons (Fsp3) is 0.634. The number of fused-ring (bicyclic) bond motifs is 5. The van der Waals surface area contributed by atoms with Crippen molar-refractivity contribution >= 4 is 44.6 Å². The maximum Gasteiger partial charge on any atom is 0.408 e. The van der Waals surface area contributed by atoms with Gasteiger partial charge < -0.3 is 34.5 Å². The molecule has 2 aliphatic carbocycles. The SMILES string of the molecule is CCC1(S(=O)(=O)NC(=O)[C@@]23C[C@H]2/C=C\CC[C@@H](C)C[C@@H](C)[C@H](NC(=O)OC(C)(C)C)C(=O)N2C[C@H](Oc4nccc5c6c(ccc45)OCCO6)C[C@H]2C(=O)N3)CC1. The molecule has 15 nitrogen and oxygen atoms in total. The van der Waals surface area contributed by atoms with Crippen molar-refractivity contribution in [2.45, 2.75) is 127 Å². The quantitative estimate of drug-likeness (QED) is 0.333. The number of hydrogen-bond acceptors (Lipinski definition) is 11. The van der Waals surface area contributed by atoms with Gasteiger partial charge in [0.2, 0.25) is 27.7 Å². The summed E-state index contributed by atoms with van der Waals surface area (Å²) in [5, 5.41) is 7.12. The molecule has 4 heterocycles.